The number of anilines is 1. The fourth-order valence-corrected chi connectivity index (χ4v) is 4.20. The third-order valence-electron chi connectivity index (χ3n) is 6.42. The zero-order valence-corrected chi connectivity index (χ0v) is 19.0. The summed E-state index contributed by atoms with van der Waals surface area (Å²) in [6.07, 6.45) is 8.48. The number of rotatable bonds is 9. The fourth-order valence-electron chi connectivity index (χ4n) is 4.20. The van der Waals surface area contributed by atoms with Gasteiger partial charge in [0.25, 0.3) is 0 Å². The number of carbonyl (C=O) groups is 1. The zero-order valence-electron chi connectivity index (χ0n) is 19.0. The average Bonchev–Trinajstić information content (AvgIpc) is 3.23. The molecular weight excluding hydrogens is 423 g/mol. The Morgan fingerprint density at radius 2 is 2.27 bits per heavy atom. The van der Waals surface area contributed by atoms with Crippen molar-refractivity contribution in [1.29, 1.82) is 0 Å². The number of halogens is 1. The van der Waals surface area contributed by atoms with Crippen LogP contribution in [0.25, 0.3) is 5.65 Å². The minimum atomic E-state index is -0.404. The van der Waals surface area contributed by atoms with Gasteiger partial charge in [0.2, 0.25) is 0 Å². The van der Waals surface area contributed by atoms with Crippen molar-refractivity contribution in [3.05, 3.63) is 52.9 Å². The highest BCUT2D eigenvalue weighted by molar-refractivity contribution is 6.02. The number of hydrogen-bond donors (Lipinski definition) is 2. The van der Waals surface area contributed by atoms with Gasteiger partial charge in [0.05, 0.1) is 31.0 Å². The van der Waals surface area contributed by atoms with Gasteiger partial charge in [-0.1, -0.05) is 5.73 Å². The van der Waals surface area contributed by atoms with E-state index in [0.29, 0.717) is 22.7 Å². The molecule has 0 amide bonds. The summed E-state index contributed by atoms with van der Waals surface area (Å²) in [5, 5.41) is 16.9. The first-order valence-electron chi connectivity index (χ1n) is 11.1. The third kappa shape index (κ3) is 4.80. The van der Waals surface area contributed by atoms with E-state index in [9.17, 15) is 14.3 Å². The molecule has 4 rings (SSSR count). The van der Waals surface area contributed by atoms with Crippen molar-refractivity contribution < 1.29 is 14.3 Å². The fraction of sp³-hybridized carbons (Fsp3) is 0.458. The molecular formula is C24H29FN6O2. The molecule has 0 unspecified atom stereocenters. The van der Waals surface area contributed by atoms with Crippen molar-refractivity contribution in [2.24, 2.45) is 4.99 Å². The summed E-state index contributed by atoms with van der Waals surface area (Å²) in [6.45, 7) is 7.74. The van der Waals surface area contributed by atoms with Crippen molar-refractivity contribution in [2.75, 3.05) is 24.6 Å². The second-order valence-electron chi connectivity index (χ2n) is 8.70. The molecule has 0 radical (unpaired) electrons. The normalized spacial score (nSPS) is 19.8. The molecule has 1 aliphatic carbocycles. The number of Topliss-reactive ketones (excluding diaryl/α,β-unsaturated/α-hetero) is 1. The lowest BCUT2D eigenvalue weighted by molar-refractivity contribution is 0.0981. The maximum atomic E-state index is 13.4. The Morgan fingerprint density at radius 1 is 1.48 bits per heavy atom. The lowest BCUT2D eigenvalue weighted by Crippen LogP contribution is -2.38. The molecule has 33 heavy (non-hydrogen) atoms. The molecule has 1 aliphatic heterocycles. The van der Waals surface area contributed by atoms with E-state index in [-0.39, 0.29) is 30.5 Å². The van der Waals surface area contributed by atoms with Gasteiger partial charge in [-0.05, 0) is 58.4 Å². The van der Waals surface area contributed by atoms with E-state index in [1.165, 1.54) is 13.1 Å². The molecule has 0 spiro atoms. The van der Waals surface area contributed by atoms with Gasteiger partial charge in [-0.3, -0.25) is 9.79 Å². The van der Waals surface area contributed by atoms with Crippen molar-refractivity contribution in [3.8, 4) is 0 Å². The maximum Gasteiger partial charge on any atom is 0.182 e. The molecule has 2 aliphatic rings. The molecule has 3 heterocycles. The highest BCUT2D eigenvalue weighted by Gasteiger charge is 2.42. The van der Waals surface area contributed by atoms with Gasteiger partial charge in [-0.15, -0.1) is 0 Å². The Morgan fingerprint density at radius 3 is 2.94 bits per heavy atom. The predicted molar refractivity (Wildman–Crippen MR) is 125 cm³/mol. The van der Waals surface area contributed by atoms with Crippen LogP contribution in [0.3, 0.4) is 0 Å². The van der Waals surface area contributed by atoms with Gasteiger partial charge < -0.3 is 15.3 Å². The number of ketones is 1. The molecule has 8 nitrogen and oxygen atoms in total. The molecule has 1 saturated carbocycles. The number of aliphatic hydroxyl groups is 1. The molecule has 2 aromatic heterocycles. The number of nitrogens with one attached hydrogen (secondary N) is 1. The first kappa shape index (κ1) is 23.0. The Balaban J connectivity index is 1.63. The largest absolute Gasteiger partial charge is 0.394 e. The first-order valence-corrected chi connectivity index (χ1v) is 11.1. The van der Waals surface area contributed by atoms with E-state index in [4.69, 9.17) is 4.98 Å². The van der Waals surface area contributed by atoms with Crippen LogP contribution in [0.2, 0.25) is 0 Å². The summed E-state index contributed by atoms with van der Waals surface area (Å²) in [6, 6.07) is 1.81. The van der Waals surface area contributed by atoms with E-state index >= 15 is 0 Å². The minimum absolute atomic E-state index is 0.0220. The lowest BCUT2D eigenvalue weighted by Gasteiger charge is -2.27. The summed E-state index contributed by atoms with van der Waals surface area (Å²) in [5.74, 6) is 0.190. The number of allylic oxidation sites excluding steroid dienone is 1. The number of aromatic nitrogens is 3. The van der Waals surface area contributed by atoms with Crippen LogP contribution in [-0.4, -0.2) is 63.5 Å². The quantitative estimate of drug-likeness (QED) is 0.263. The highest BCUT2D eigenvalue weighted by atomic mass is 19.1. The molecule has 174 valence electrons. The summed E-state index contributed by atoms with van der Waals surface area (Å²) in [7, 11) is 0. The van der Waals surface area contributed by atoms with E-state index in [1.807, 2.05) is 13.0 Å². The Bertz CT molecular complexity index is 1170. The predicted octanol–water partition coefficient (Wildman–Crippen LogP) is 3.00. The standard InChI is InChI=1S/C24H29FN6O2/c1-16(25)6-7-18(17(2)26-3)20-5-4-11-30(20)22-8-12-31-23(29-22)19(13-28-31)21(33)14-27-24(15-32)9-10-24/h7-8,12-13,20,27,32H,3-5,9-11,14-15H2,1-2H3/b18-17+/t6?,20-/m1/s1. The van der Waals surface area contributed by atoms with Crippen LogP contribution < -0.4 is 10.2 Å². The minimum Gasteiger partial charge on any atom is -0.394 e. The van der Waals surface area contributed by atoms with Gasteiger partial charge >= 0.3 is 0 Å². The Hall–Kier alpha value is -3.13. The van der Waals surface area contributed by atoms with E-state index in [1.54, 1.807) is 16.8 Å². The number of carbonyl (C=O) groups excluding carboxylic acids is 1. The Labute approximate surface area is 192 Å². The summed E-state index contributed by atoms with van der Waals surface area (Å²) in [4.78, 5) is 23.8. The SMILES string of the molecule is C=N/C(C)=C(\C=C=C(C)F)[C@H]1CCCN1c1ccn2ncc(C(=O)CNC3(CO)CC3)c2n1. The molecule has 1 saturated heterocycles. The summed E-state index contributed by atoms with van der Waals surface area (Å²) >= 11 is 0. The number of aliphatic hydroxyl groups excluding tert-OH is 1. The lowest BCUT2D eigenvalue weighted by atomic mass is 10.0. The van der Waals surface area contributed by atoms with Crippen molar-refractivity contribution in [1.82, 2.24) is 19.9 Å². The van der Waals surface area contributed by atoms with E-state index in [0.717, 1.165) is 37.8 Å². The van der Waals surface area contributed by atoms with Crippen LogP contribution in [0.4, 0.5) is 10.2 Å². The van der Waals surface area contributed by atoms with Gasteiger partial charge in [-0.25, -0.2) is 13.9 Å². The molecule has 0 aromatic carbocycles. The molecule has 2 N–H and O–H groups in total. The molecule has 2 aromatic rings. The van der Waals surface area contributed by atoms with Crippen LogP contribution in [0.1, 0.15) is 49.9 Å². The van der Waals surface area contributed by atoms with Crippen LogP contribution in [0, 0.1) is 0 Å². The van der Waals surface area contributed by atoms with Crippen LogP contribution in [0.5, 0.6) is 0 Å². The number of nitrogens with zero attached hydrogens (tertiary/aromatic N) is 5. The third-order valence-corrected chi connectivity index (χ3v) is 6.42. The monoisotopic (exact) mass is 452 g/mol. The number of hydrogen-bond acceptors (Lipinski definition) is 7. The second kappa shape index (κ2) is 9.39. The average molecular weight is 453 g/mol. The smallest absolute Gasteiger partial charge is 0.182 e. The van der Waals surface area contributed by atoms with E-state index in [2.05, 4.69) is 32.8 Å². The van der Waals surface area contributed by atoms with Gasteiger partial charge in [0, 0.05) is 29.6 Å². The summed E-state index contributed by atoms with van der Waals surface area (Å²) in [5.41, 5.74) is 4.80. The topological polar surface area (TPSA) is 95.1 Å². The van der Waals surface area contributed by atoms with Crippen molar-refractivity contribution in [3.63, 3.8) is 0 Å². The van der Waals surface area contributed by atoms with Gasteiger partial charge in [-0.2, -0.15) is 5.10 Å². The van der Waals surface area contributed by atoms with Crippen LogP contribution in [0.15, 0.2) is 52.4 Å². The maximum absolute atomic E-state index is 13.4. The zero-order chi connectivity index (χ0) is 23.6. The van der Waals surface area contributed by atoms with Crippen molar-refractivity contribution >= 4 is 24.0 Å². The van der Waals surface area contributed by atoms with Gasteiger partial charge in [0.1, 0.15) is 11.6 Å². The number of fused-ring (bicyclic) bond motifs is 1. The van der Waals surface area contributed by atoms with Crippen LogP contribution >= 0.6 is 0 Å². The molecule has 2 fully saturated rings. The van der Waals surface area contributed by atoms with Crippen LogP contribution in [-0.2, 0) is 0 Å². The summed E-state index contributed by atoms with van der Waals surface area (Å²) < 4.78 is 15.0. The van der Waals surface area contributed by atoms with E-state index < -0.39 is 5.83 Å². The van der Waals surface area contributed by atoms with Crippen molar-refractivity contribution in [2.45, 2.75) is 51.1 Å². The number of aliphatic imine (C=N–C) groups is 1. The second-order valence-corrected chi connectivity index (χ2v) is 8.70. The van der Waals surface area contributed by atoms with Gasteiger partial charge in [0.15, 0.2) is 11.4 Å². The molecule has 9 heteroatoms. The first-order chi connectivity index (χ1) is 15.9. The molecule has 0 bridgehead atoms. The highest BCUT2D eigenvalue weighted by Crippen LogP contribution is 2.34. The molecule has 1 atom stereocenters. The Kier molecular flexibility index (Phi) is 6.56.